The Morgan fingerprint density at radius 3 is 3.14 bits per heavy atom. The van der Waals surface area contributed by atoms with Crippen molar-refractivity contribution in [1.29, 1.82) is 5.26 Å². The third-order valence-electron chi connectivity index (χ3n) is 1.78. The third kappa shape index (κ3) is 1.29. The van der Waals surface area contributed by atoms with Crippen LogP contribution in [0.25, 0.3) is 11.1 Å². The van der Waals surface area contributed by atoms with Gasteiger partial charge in [-0.25, -0.2) is 0 Å². The van der Waals surface area contributed by atoms with Crippen molar-refractivity contribution in [2.24, 2.45) is 0 Å². The molecule has 0 bridgehead atoms. The van der Waals surface area contributed by atoms with E-state index in [9.17, 15) is 0 Å². The van der Waals surface area contributed by atoms with Crippen LogP contribution in [0.15, 0.2) is 22.6 Å². The first-order valence-corrected chi connectivity index (χ1v) is 4.27. The van der Waals surface area contributed by atoms with Crippen LogP contribution in [-0.2, 0) is 0 Å². The number of hydrogen-bond acceptors (Lipinski definition) is 4. The SMILES string of the molecule is CCOc1nc2cccc(C#N)c2o1. The monoisotopic (exact) mass is 188 g/mol. The van der Waals surface area contributed by atoms with Crippen LogP contribution in [0, 0.1) is 11.3 Å². The molecule has 2 aromatic rings. The quantitative estimate of drug-likeness (QED) is 0.724. The molecule has 0 spiro atoms. The minimum Gasteiger partial charge on any atom is -0.450 e. The molecular formula is C10H8N2O2. The van der Waals surface area contributed by atoms with Gasteiger partial charge >= 0.3 is 6.08 Å². The molecule has 0 atom stereocenters. The summed E-state index contributed by atoms with van der Waals surface area (Å²) in [4.78, 5) is 4.07. The standard InChI is InChI=1S/C10H8N2O2/c1-2-13-10-12-8-5-3-4-7(6-11)9(8)14-10/h3-5H,2H2,1H3. The molecule has 4 heteroatoms. The second-order valence-electron chi connectivity index (χ2n) is 2.68. The van der Waals surface area contributed by atoms with Crippen LogP contribution in [0.5, 0.6) is 6.08 Å². The number of oxazole rings is 1. The highest BCUT2D eigenvalue weighted by molar-refractivity contribution is 5.79. The van der Waals surface area contributed by atoms with Crippen LogP contribution in [0.4, 0.5) is 0 Å². The van der Waals surface area contributed by atoms with E-state index in [0.717, 1.165) is 0 Å². The number of nitriles is 1. The van der Waals surface area contributed by atoms with Crippen LogP contribution < -0.4 is 4.74 Å². The average Bonchev–Trinajstić information content (AvgIpc) is 2.60. The number of aromatic nitrogens is 1. The molecule has 2 rings (SSSR count). The molecule has 0 aliphatic rings. The topological polar surface area (TPSA) is 59.0 Å². The lowest BCUT2D eigenvalue weighted by molar-refractivity contribution is 0.251. The molecule has 70 valence electrons. The van der Waals surface area contributed by atoms with Gasteiger partial charge in [0.05, 0.1) is 12.2 Å². The molecule has 0 unspecified atom stereocenters. The Hall–Kier alpha value is -2.02. The highest BCUT2D eigenvalue weighted by atomic mass is 16.6. The lowest BCUT2D eigenvalue weighted by Gasteiger charge is -1.91. The van der Waals surface area contributed by atoms with E-state index in [0.29, 0.717) is 23.3 Å². The van der Waals surface area contributed by atoms with E-state index in [1.165, 1.54) is 0 Å². The van der Waals surface area contributed by atoms with Crippen molar-refractivity contribution in [2.45, 2.75) is 6.92 Å². The van der Waals surface area contributed by atoms with Gasteiger partial charge in [-0.2, -0.15) is 10.2 Å². The molecule has 0 aliphatic carbocycles. The largest absolute Gasteiger partial charge is 0.450 e. The van der Waals surface area contributed by atoms with Crippen LogP contribution >= 0.6 is 0 Å². The number of ether oxygens (including phenoxy) is 1. The van der Waals surface area contributed by atoms with E-state index in [4.69, 9.17) is 14.4 Å². The second-order valence-corrected chi connectivity index (χ2v) is 2.68. The highest BCUT2D eigenvalue weighted by Crippen LogP contribution is 2.23. The predicted octanol–water partition coefficient (Wildman–Crippen LogP) is 2.10. The van der Waals surface area contributed by atoms with Gasteiger partial charge in [-0.3, -0.25) is 0 Å². The summed E-state index contributed by atoms with van der Waals surface area (Å²) in [5, 5.41) is 8.80. The summed E-state index contributed by atoms with van der Waals surface area (Å²) in [7, 11) is 0. The number of benzene rings is 1. The molecule has 1 heterocycles. The molecule has 0 saturated heterocycles. The van der Waals surface area contributed by atoms with Gasteiger partial charge in [0.1, 0.15) is 11.6 Å². The van der Waals surface area contributed by atoms with E-state index < -0.39 is 0 Å². The lowest BCUT2D eigenvalue weighted by atomic mass is 10.2. The van der Waals surface area contributed by atoms with Gasteiger partial charge in [0.25, 0.3) is 0 Å². The Morgan fingerprint density at radius 2 is 2.43 bits per heavy atom. The first-order chi connectivity index (χ1) is 6.85. The minimum atomic E-state index is 0.213. The molecule has 1 aromatic heterocycles. The van der Waals surface area contributed by atoms with Gasteiger partial charge in [0, 0.05) is 0 Å². The Morgan fingerprint density at radius 1 is 1.57 bits per heavy atom. The zero-order valence-corrected chi connectivity index (χ0v) is 7.65. The third-order valence-corrected chi connectivity index (χ3v) is 1.78. The molecule has 0 aliphatic heterocycles. The molecule has 1 aromatic carbocycles. The molecule has 0 fully saturated rings. The summed E-state index contributed by atoms with van der Waals surface area (Å²) in [6.07, 6.45) is 0.213. The zero-order valence-electron chi connectivity index (χ0n) is 7.65. The van der Waals surface area contributed by atoms with Crippen molar-refractivity contribution in [3.8, 4) is 12.1 Å². The first kappa shape index (κ1) is 8.57. The van der Waals surface area contributed by atoms with Crippen LogP contribution in [-0.4, -0.2) is 11.6 Å². The van der Waals surface area contributed by atoms with Gasteiger partial charge in [0.2, 0.25) is 0 Å². The van der Waals surface area contributed by atoms with E-state index in [2.05, 4.69) is 4.98 Å². The maximum Gasteiger partial charge on any atom is 0.394 e. The Bertz CT molecular complexity index is 496. The van der Waals surface area contributed by atoms with Crippen LogP contribution in [0.3, 0.4) is 0 Å². The fourth-order valence-electron chi connectivity index (χ4n) is 1.20. The molecule has 14 heavy (non-hydrogen) atoms. The van der Waals surface area contributed by atoms with Gasteiger partial charge in [-0.15, -0.1) is 0 Å². The van der Waals surface area contributed by atoms with Crippen molar-refractivity contribution < 1.29 is 9.15 Å². The Kier molecular flexibility index (Phi) is 2.07. The number of hydrogen-bond donors (Lipinski definition) is 0. The van der Waals surface area contributed by atoms with Crippen LogP contribution in [0.2, 0.25) is 0 Å². The van der Waals surface area contributed by atoms with Crippen molar-refractivity contribution >= 4 is 11.1 Å². The summed E-state index contributed by atoms with van der Waals surface area (Å²) in [5.74, 6) is 0. The zero-order chi connectivity index (χ0) is 9.97. The smallest absolute Gasteiger partial charge is 0.394 e. The summed E-state index contributed by atoms with van der Waals surface area (Å²) >= 11 is 0. The Balaban J connectivity index is 2.60. The average molecular weight is 188 g/mol. The van der Waals surface area contributed by atoms with Crippen LogP contribution in [0.1, 0.15) is 12.5 Å². The molecule has 0 saturated carbocycles. The highest BCUT2D eigenvalue weighted by Gasteiger charge is 2.09. The Labute approximate surface area is 80.7 Å². The number of para-hydroxylation sites is 1. The van der Waals surface area contributed by atoms with E-state index in [-0.39, 0.29) is 6.08 Å². The fourth-order valence-corrected chi connectivity index (χ4v) is 1.20. The summed E-state index contributed by atoms with van der Waals surface area (Å²) in [6, 6.07) is 7.26. The van der Waals surface area contributed by atoms with Gasteiger partial charge in [0.15, 0.2) is 5.58 Å². The van der Waals surface area contributed by atoms with E-state index in [1.54, 1.807) is 18.2 Å². The molecular weight excluding hydrogens is 180 g/mol. The number of fused-ring (bicyclic) bond motifs is 1. The number of nitrogens with zero attached hydrogens (tertiary/aromatic N) is 2. The van der Waals surface area contributed by atoms with E-state index >= 15 is 0 Å². The summed E-state index contributed by atoms with van der Waals surface area (Å²) in [5.41, 5.74) is 1.60. The van der Waals surface area contributed by atoms with Crippen molar-refractivity contribution in [3.63, 3.8) is 0 Å². The first-order valence-electron chi connectivity index (χ1n) is 4.27. The maximum absolute atomic E-state index is 8.80. The molecule has 0 radical (unpaired) electrons. The minimum absolute atomic E-state index is 0.213. The van der Waals surface area contributed by atoms with Gasteiger partial charge in [-0.1, -0.05) is 6.07 Å². The van der Waals surface area contributed by atoms with Crippen molar-refractivity contribution in [1.82, 2.24) is 4.98 Å². The summed E-state index contributed by atoms with van der Waals surface area (Å²) < 4.78 is 10.4. The maximum atomic E-state index is 8.80. The van der Waals surface area contributed by atoms with Gasteiger partial charge < -0.3 is 9.15 Å². The predicted molar refractivity (Wildman–Crippen MR) is 49.9 cm³/mol. The normalized spacial score (nSPS) is 10.0. The fraction of sp³-hybridized carbons (Fsp3) is 0.200. The van der Waals surface area contributed by atoms with Crippen molar-refractivity contribution in [3.05, 3.63) is 23.8 Å². The van der Waals surface area contributed by atoms with Crippen molar-refractivity contribution in [2.75, 3.05) is 6.61 Å². The molecule has 0 N–H and O–H groups in total. The number of rotatable bonds is 2. The van der Waals surface area contributed by atoms with E-state index in [1.807, 2.05) is 13.0 Å². The van der Waals surface area contributed by atoms with Gasteiger partial charge in [-0.05, 0) is 19.1 Å². The molecule has 0 amide bonds. The second kappa shape index (κ2) is 3.38. The summed E-state index contributed by atoms with van der Waals surface area (Å²) in [6.45, 7) is 2.34. The lowest BCUT2D eigenvalue weighted by Crippen LogP contribution is -1.89. The molecule has 4 nitrogen and oxygen atoms in total.